The molecule has 0 amide bonds. The summed E-state index contributed by atoms with van der Waals surface area (Å²) >= 11 is 0. The van der Waals surface area contributed by atoms with Gasteiger partial charge in [0.2, 0.25) is 0 Å². The summed E-state index contributed by atoms with van der Waals surface area (Å²) in [7, 11) is 2.64. The van der Waals surface area contributed by atoms with Crippen molar-refractivity contribution in [2.45, 2.75) is 0 Å². The Kier molecular flexibility index (Phi) is 3.01. The van der Waals surface area contributed by atoms with E-state index in [4.69, 9.17) is 0 Å². The van der Waals surface area contributed by atoms with Crippen molar-refractivity contribution in [2.24, 2.45) is 7.05 Å². The molecular weight excluding hydrogens is 239 g/mol. The molecule has 0 atom stereocenters. The molecule has 6 heteroatoms. The van der Waals surface area contributed by atoms with Gasteiger partial charge in [-0.3, -0.25) is 9.55 Å². The van der Waals surface area contributed by atoms with E-state index in [9.17, 15) is 14.0 Å². The number of carbonyl (C=O) groups is 1. The standard InChI is InChI=1S/C12H11FN2O3/c1-15-10(7-5-3-4-6-8(7)13)9(11(16)18-2)14-12(15)17/h3-6H,1-2H3,(H,14,17). The molecule has 0 spiro atoms. The van der Waals surface area contributed by atoms with Gasteiger partial charge in [-0.2, -0.15) is 0 Å². The average molecular weight is 250 g/mol. The van der Waals surface area contributed by atoms with Crippen molar-refractivity contribution in [1.29, 1.82) is 0 Å². The number of H-pyrrole nitrogens is 1. The fourth-order valence-electron chi connectivity index (χ4n) is 1.74. The maximum atomic E-state index is 13.7. The van der Waals surface area contributed by atoms with Crippen LogP contribution in [0.4, 0.5) is 4.39 Å². The van der Waals surface area contributed by atoms with Crippen LogP contribution in [0.1, 0.15) is 10.5 Å². The van der Waals surface area contributed by atoms with Crippen molar-refractivity contribution in [2.75, 3.05) is 7.11 Å². The summed E-state index contributed by atoms with van der Waals surface area (Å²) in [5.41, 5.74) is -0.229. The number of hydrogen-bond acceptors (Lipinski definition) is 3. The number of hydrogen-bond donors (Lipinski definition) is 1. The average Bonchev–Trinajstić information content (AvgIpc) is 2.66. The zero-order valence-electron chi connectivity index (χ0n) is 9.86. The number of imidazole rings is 1. The van der Waals surface area contributed by atoms with Gasteiger partial charge in [-0.15, -0.1) is 0 Å². The van der Waals surface area contributed by atoms with E-state index in [1.807, 2.05) is 0 Å². The second-order valence-electron chi connectivity index (χ2n) is 3.68. The van der Waals surface area contributed by atoms with E-state index >= 15 is 0 Å². The topological polar surface area (TPSA) is 64.1 Å². The molecule has 1 aromatic heterocycles. The minimum Gasteiger partial charge on any atom is -0.464 e. The first-order chi connectivity index (χ1) is 8.56. The van der Waals surface area contributed by atoms with Gasteiger partial charge in [0, 0.05) is 12.6 Å². The number of aromatic nitrogens is 2. The molecule has 94 valence electrons. The number of rotatable bonds is 2. The van der Waals surface area contributed by atoms with Crippen LogP contribution in [-0.2, 0) is 11.8 Å². The Hall–Kier alpha value is -2.37. The van der Waals surface area contributed by atoms with Gasteiger partial charge < -0.3 is 4.74 Å². The van der Waals surface area contributed by atoms with Gasteiger partial charge in [0.25, 0.3) is 0 Å². The van der Waals surface area contributed by atoms with Crippen LogP contribution >= 0.6 is 0 Å². The lowest BCUT2D eigenvalue weighted by atomic mass is 10.1. The second kappa shape index (κ2) is 4.48. The third-order valence-corrected chi connectivity index (χ3v) is 2.63. The summed E-state index contributed by atoms with van der Waals surface area (Å²) in [5.74, 6) is -1.23. The molecule has 0 saturated heterocycles. The Morgan fingerprint density at radius 3 is 2.67 bits per heavy atom. The quantitative estimate of drug-likeness (QED) is 0.817. The van der Waals surface area contributed by atoms with Crippen molar-refractivity contribution in [3.05, 3.63) is 46.3 Å². The summed E-state index contributed by atoms with van der Waals surface area (Å²) in [6.45, 7) is 0. The highest BCUT2D eigenvalue weighted by Crippen LogP contribution is 2.24. The number of carbonyl (C=O) groups excluding carboxylic acids is 1. The zero-order chi connectivity index (χ0) is 13.3. The number of ether oxygens (including phenoxy) is 1. The van der Waals surface area contributed by atoms with Crippen molar-refractivity contribution >= 4 is 5.97 Å². The molecule has 18 heavy (non-hydrogen) atoms. The second-order valence-corrected chi connectivity index (χ2v) is 3.68. The monoisotopic (exact) mass is 250 g/mol. The summed E-state index contributed by atoms with van der Waals surface area (Å²) in [6.07, 6.45) is 0. The largest absolute Gasteiger partial charge is 0.464 e. The number of aromatic amines is 1. The minimum atomic E-state index is -0.717. The van der Waals surface area contributed by atoms with Gasteiger partial charge in [0.05, 0.1) is 12.8 Å². The van der Waals surface area contributed by atoms with Gasteiger partial charge in [-0.05, 0) is 12.1 Å². The first-order valence-corrected chi connectivity index (χ1v) is 5.18. The molecule has 0 radical (unpaired) electrons. The first kappa shape index (κ1) is 12.1. The molecule has 1 N–H and O–H groups in total. The highest BCUT2D eigenvalue weighted by molar-refractivity contribution is 5.94. The maximum absolute atomic E-state index is 13.7. The molecule has 2 rings (SSSR count). The summed E-state index contributed by atoms with van der Waals surface area (Å²) in [5, 5.41) is 0. The van der Waals surface area contributed by atoms with E-state index in [1.54, 1.807) is 6.07 Å². The van der Waals surface area contributed by atoms with Crippen molar-refractivity contribution in [3.63, 3.8) is 0 Å². The molecule has 0 fully saturated rings. The molecule has 1 aromatic carbocycles. The smallest absolute Gasteiger partial charge is 0.356 e. The predicted octanol–water partition coefficient (Wildman–Crippen LogP) is 1.31. The Labute approximate surface area is 102 Å². The van der Waals surface area contributed by atoms with Crippen LogP contribution in [0.3, 0.4) is 0 Å². The number of benzene rings is 1. The Bertz CT molecular complexity index is 658. The highest BCUT2D eigenvalue weighted by atomic mass is 19.1. The maximum Gasteiger partial charge on any atom is 0.356 e. The van der Waals surface area contributed by atoms with Crippen LogP contribution in [0.25, 0.3) is 11.3 Å². The Morgan fingerprint density at radius 2 is 2.06 bits per heavy atom. The Balaban J connectivity index is 2.75. The van der Waals surface area contributed by atoms with E-state index in [2.05, 4.69) is 9.72 Å². The van der Waals surface area contributed by atoms with Crippen LogP contribution in [0.15, 0.2) is 29.1 Å². The van der Waals surface area contributed by atoms with Crippen LogP contribution in [0.2, 0.25) is 0 Å². The number of nitrogens with one attached hydrogen (secondary N) is 1. The van der Waals surface area contributed by atoms with Crippen LogP contribution in [0.5, 0.6) is 0 Å². The normalized spacial score (nSPS) is 10.4. The first-order valence-electron chi connectivity index (χ1n) is 5.18. The fourth-order valence-corrected chi connectivity index (χ4v) is 1.74. The van der Waals surface area contributed by atoms with E-state index in [-0.39, 0.29) is 17.0 Å². The molecule has 0 aliphatic heterocycles. The van der Waals surface area contributed by atoms with E-state index in [0.717, 1.165) is 0 Å². The van der Waals surface area contributed by atoms with Crippen LogP contribution in [0, 0.1) is 5.82 Å². The predicted molar refractivity (Wildman–Crippen MR) is 62.8 cm³/mol. The van der Waals surface area contributed by atoms with E-state index in [1.165, 1.54) is 36.9 Å². The summed E-state index contributed by atoms with van der Waals surface area (Å²) < 4.78 is 19.5. The fraction of sp³-hybridized carbons (Fsp3) is 0.167. The molecule has 5 nitrogen and oxygen atoms in total. The number of methoxy groups -OCH3 is 1. The number of esters is 1. The molecule has 0 unspecified atom stereocenters. The Morgan fingerprint density at radius 1 is 1.39 bits per heavy atom. The van der Waals surface area contributed by atoms with Crippen molar-refractivity contribution in [3.8, 4) is 11.3 Å². The third kappa shape index (κ3) is 1.81. The molecule has 2 aromatic rings. The number of nitrogens with zero attached hydrogens (tertiary/aromatic N) is 1. The van der Waals surface area contributed by atoms with Crippen LogP contribution in [-0.4, -0.2) is 22.6 Å². The van der Waals surface area contributed by atoms with Gasteiger partial charge in [-0.1, -0.05) is 12.1 Å². The van der Waals surface area contributed by atoms with Gasteiger partial charge in [0.15, 0.2) is 5.69 Å². The third-order valence-electron chi connectivity index (χ3n) is 2.63. The molecule has 1 heterocycles. The summed E-state index contributed by atoms with van der Waals surface area (Å²) in [4.78, 5) is 25.5. The molecule has 0 saturated carbocycles. The SMILES string of the molecule is COC(=O)c1[nH]c(=O)n(C)c1-c1ccccc1F. The summed E-state index contributed by atoms with van der Waals surface area (Å²) in [6, 6.07) is 5.90. The molecule has 0 aliphatic carbocycles. The minimum absolute atomic E-state index is 0.0601. The lowest BCUT2D eigenvalue weighted by Gasteiger charge is -2.06. The molecular formula is C12H11FN2O3. The van der Waals surface area contributed by atoms with Gasteiger partial charge >= 0.3 is 11.7 Å². The highest BCUT2D eigenvalue weighted by Gasteiger charge is 2.22. The van der Waals surface area contributed by atoms with Crippen molar-refractivity contribution < 1.29 is 13.9 Å². The van der Waals surface area contributed by atoms with E-state index in [0.29, 0.717) is 0 Å². The number of halogens is 1. The van der Waals surface area contributed by atoms with Gasteiger partial charge in [0.1, 0.15) is 5.82 Å². The lowest BCUT2D eigenvalue weighted by molar-refractivity contribution is 0.0595. The lowest BCUT2D eigenvalue weighted by Crippen LogP contribution is -2.13. The zero-order valence-corrected chi connectivity index (χ0v) is 9.86. The molecule has 0 aliphatic rings. The molecule has 0 bridgehead atoms. The van der Waals surface area contributed by atoms with E-state index < -0.39 is 17.5 Å². The van der Waals surface area contributed by atoms with Crippen LogP contribution < -0.4 is 5.69 Å². The van der Waals surface area contributed by atoms with Crippen molar-refractivity contribution in [1.82, 2.24) is 9.55 Å². The van der Waals surface area contributed by atoms with Gasteiger partial charge in [-0.25, -0.2) is 14.0 Å².